The molecule has 1 aromatic carbocycles. The molecule has 84 valence electrons. The summed E-state index contributed by atoms with van der Waals surface area (Å²) in [5, 5.41) is 8.78. The number of hydrogen-bond donors (Lipinski definition) is 1. The Kier molecular flexibility index (Phi) is 3.36. The van der Waals surface area contributed by atoms with Gasteiger partial charge >= 0.3 is 0 Å². The number of nitriles is 1. The molecule has 0 spiro atoms. The Labute approximate surface area is 111 Å². The van der Waals surface area contributed by atoms with Crippen molar-refractivity contribution in [3.05, 3.63) is 50.8 Å². The predicted octanol–water partition coefficient (Wildman–Crippen LogP) is 4.18. The Morgan fingerprint density at radius 3 is 2.65 bits per heavy atom. The standard InChI is InChI=1S/C12H6BrFN2S/c13-10-5-8(14)2-3-9(10)11-4-1-7(6-15)12(17)16-11/h1-5H,(H,16,17). The fourth-order valence-corrected chi connectivity index (χ4v) is 2.21. The minimum Gasteiger partial charge on any atom is -0.345 e. The second kappa shape index (κ2) is 4.78. The zero-order valence-corrected chi connectivity index (χ0v) is 10.9. The zero-order chi connectivity index (χ0) is 12.4. The topological polar surface area (TPSA) is 39.6 Å². The monoisotopic (exact) mass is 308 g/mol. The van der Waals surface area contributed by atoms with Crippen LogP contribution in [0.3, 0.4) is 0 Å². The van der Waals surface area contributed by atoms with Gasteiger partial charge < -0.3 is 4.98 Å². The second-order valence-electron chi connectivity index (χ2n) is 3.35. The minimum absolute atomic E-state index is 0.312. The van der Waals surface area contributed by atoms with Gasteiger partial charge in [0.2, 0.25) is 0 Å². The fraction of sp³-hybridized carbons (Fsp3) is 0. The summed E-state index contributed by atoms with van der Waals surface area (Å²) in [7, 11) is 0. The Hall–Kier alpha value is -1.51. The number of rotatable bonds is 1. The molecule has 0 fully saturated rings. The van der Waals surface area contributed by atoms with Gasteiger partial charge in [0.1, 0.15) is 16.5 Å². The van der Waals surface area contributed by atoms with Gasteiger partial charge in [-0.15, -0.1) is 0 Å². The summed E-state index contributed by atoms with van der Waals surface area (Å²) in [5.74, 6) is -0.312. The van der Waals surface area contributed by atoms with Gasteiger partial charge in [0.05, 0.1) is 5.56 Å². The number of H-pyrrole nitrogens is 1. The summed E-state index contributed by atoms with van der Waals surface area (Å²) in [4.78, 5) is 2.94. The molecular formula is C12H6BrFN2S. The number of pyridine rings is 1. The lowest BCUT2D eigenvalue weighted by Gasteiger charge is -2.05. The smallest absolute Gasteiger partial charge is 0.124 e. The minimum atomic E-state index is -0.312. The first-order valence-electron chi connectivity index (χ1n) is 4.70. The van der Waals surface area contributed by atoms with Crippen LogP contribution >= 0.6 is 28.1 Å². The average molecular weight is 309 g/mol. The molecule has 2 aromatic rings. The summed E-state index contributed by atoms with van der Waals surface area (Å²) < 4.78 is 14.0. The quantitative estimate of drug-likeness (QED) is 0.803. The maximum Gasteiger partial charge on any atom is 0.124 e. The van der Waals surface area contributed by atoms with E-state index in [2.05, 4.69) is 20.9 Å². The van der Waals surface area contributed by atoms with Gasteiger partial charge in [0, 0.05) is 15.7 Å². The molecule has 0 radical (unpaired) electrons. The van der Waals surface area contributed by atoms with Gasteiger partial charge in [-0.05, 0) is 46.3 Å². The van der Waals surface area contributed by atoms with Crippen molar-refractivity contribution >= 4 is 28.1 Å². The Morgan fingerprint density at radius 2 is 2.06 bits per heavy atom. The molecule has 1 N–H and O–H groups in total. The molecule has 0 aliphatic rings. The van der Waals surface area contributed by atoms with Crippen molar-refractivity contribution in [2.24, 2.45) is 0 Å². The van der Waals surface area contributed by atoms with Crippen LogP contribution in [0.5, 0.6) is 0 Å². The average Bonchev–Trinajstić information content (AvgIpc) is 2.29. The molecule has 0 bridgehead atoms. The van der Waals surface area contributed by atoms with E-state index in [1.54, 1.807) is 18.2 Å². The van der Waals surface area contributed by atoms with E-state index in [1.807, 2.05) is 6.07 Å². The highest BCUT2D eigenvalue weighted by Crippen LogP contribution is 2.27. The van der Waals surface area contributed by atoms with Crippen molar-refractivity contribution in [1.29, 1.82) is 5.26 Å². The van der Waals surface area contributed by atoms with Crippen LogP contribution in [-0.2, 0) is 0 Å². The SMILES string of the molecule is N#Cc1ccc(-c2ccc(F)cc2Br)[nH]c1=S. The van der Waals surface area contributed by atoms with Gasteiger partial charge in [-0.3, -0.25) is 0 Å². The molecule has 0 aliphatic carbocycles. The van der Waals surface area contributed by atoms with Crippen molar-refractivity contribution in [2.75, 3.05) is 0 Å². The van der Waals surface area contributed by atoms with E-state index in [9.17, 15) is 4.39 Å². The van der Waals surface area contributed by atoms with E-state index in [0.717, 1.165) is 11.3 Å². The van der Waals surface area contributed by atoms with Gasteiger partial charge in [-0.25, -0.2) is 4.39 Å². The Balaban J connectivity index is 2.58. The van der Waals surface area contributed by atoms with E-state index in [-0.39, 0.29) is 5.82 Å². The molecule has 2 rings (SSSR count). The van der Waals surface area contributed by atoms with Crippen molar-refractivity contribution in [3.8, 4) is 17.3 Å². The van der Waals surface area contributed by atoms with E-state index in [4.69, 9.17) is 17.5 Å². The molecular weight excluding hydrogens is 303 g/mol. The maximum atomic E-state index is 13.0. The first kappa shape index (κ1) is 12.0. The van der Waals surface area contributed by atoms with Crippen molar-refractivity contribution in [2.45, 2.75) is 0 Å². The van der Waals surface area contributed by atoms with E-state index in [0.29, 0.717) is 14.7 Å². The lowest BCUT2D eigenvalue weighted by molar-refractivity contribution is 0.627. The third-order valence-corrected chi connectivity index (χ3v) is 3.23. The number of halogens is 2. The van der Waals surface area contributed by atoms with Gasteiger partial charge in [0.25, 0.3) is 0 Å². The number of nitrogens with one attached hydrogen (secondary N) is 1. The summed E-state index contributed by atoms with van der Waals surface area (Å²) in [6.45, 7) is 0. The third-order valence-electron chi connectivity index (χ3n) is 2.25. The first-order chi connectivity index (χ1) is 8.11. The van der Waals surface area contributed by atoms with Crippen molar-refractivity contribution < 1.29 is 4.39 Å². The number of aromatic nitrogens is 1. The highest BCUT2D eigenvalue weighted by atomic mass is 79.9. The van der Waals surface area contributed by atoms with Crippen LogP contribution in [0.2, 0.25) is 0 Å². The summed E-state index contributed by atoms with van der Waals surface area (Å²) >= 11 is 8.33. The van der Waals surface area contributed by atoms with Gasteiger partial charge in [0.15, 0.2) is 0 Å². The number of aromatic amines is 1. The molecule has 17 heavy (non-hydrogen) atoms. The molecule has 2 nitrogen and oxygen atoms in total. The molecule has 0 saturated carbocycles. The van der Waals surface area contributed by atoms with Crippen molar-refractivity contribution in [1.82, 2.24) is 4.98 Å². The lowest BCUT2D eigenvalue weighted by Crippen LogP contribution is -1.89. The van der Waals surface area contributed by atoms with Crippen LogP contribution in [-0.4, -0.2) is 4.98 Å². The van der Waals surface area contributed by atoms with E-state index >= 15 is 0 Å². The highest BCUT2D eigenvalue weighted by molar-refractivity contribution is 9.10. The van der Waals surface area contributed by atoms with Crippen LogP contribution in [0.25, 0.3) is 11.3 Å². The first-order valence-corrected chi connectivity index (χ1v) is 5.91. The summed E-state index contributed by atoms with van der Waals surface area (Å²) in [5.41, 5.74) is 1.95. The van der Waals surface area contributed by atoms with Gasteiger partial charge in [-0.2, -0.15) is 5.26 Å². The van der Waals surface area contributed by atoms with Crippen molar-refractivity contribution in [3.63, 3.8) is 0 Å². The molecule has 0 aliphatic heterocycles. The molecule has 1 heterocycles. The molecule has 5 heteroatoms. The van der Waals surface area contributed by atoms with Gasteiger partial charge in [-0.1, -0.05) is 12.2 Å². The molecule has 0 saturated heterocycles. The summed E-state index contributed by atoms with van der Waals surface area (Å²) in [6, 6.07) is 9.77. The molecule has 0 atom stereocenters. The third kappa shape index (κ3) is 2.43. The van der Waals surface area contributed by atoms with Crippen LogP contribution in [0.15, 0.2) is 34.8 Å². The largest absolute Gasteiger partial charge is 0.345 e. The normalized spacial score (nSPS) is 9.94. The molecule has 0 unspecified atom stereocenters. The Bertz CT molecular complexity index is 673. The predicted molar refractivity (Wildman–Crippen MR) is 69.4 cm³/mol. The lowest BCUT2D eigenvalue weighted by atomic mass is 10.1. The number of benzene rings is 1. The van der Waals surface area contributed by atoms with Crippen LogP contribution < -0.4 is 0 Å². The number of hydrogen-bond acceptors (Lipinski definition) is 2. The van der Waals surface area contributed by atoms with E-state index in [1.165, 1.54) is 12.1 Å². The molecule has 0 amide bonds. The van der Waals surface area contributed by atoms with Crippen LogP contribution in [0.1, 0.15) is 5.56 Å². The van der Waals surface area contributed by atoms with Crippen LogP contribution in [0, 0.1) is 21.8 Å². The number of nitrogens with zero attached hydrogens (tertiary/aromatic N) is 1. The highest BCUT2D eigenvalue weighted by Gasteiger charge is 2.05. The van der Waals surface area contributed by atoms with E-state index < -0.39 is 0 Å². The zero-order valence-electron chi connectivity index (χ0n) is 8.50. The Morgan fingerprint density at radius 1 is 1.29 bits per heavy atom. The van der Waals surface area contributed by atoms with Crippen LogP contribution in [0.4, 0.5) is 4.39 Å². The summed E-state index contributed by atoms with van der Waals surface area (Å²) in [6.07, 6.45) is 0. The second-order valence-corrected chi connectivity index (χ2v) is 4.61. The fourth-order valence-electron chi connectivity index (χ4n) is 1.43. The molecule has 1 aromatic heterocycles. The maximum absolute atomic E-state index is 13.0.